The zero-order valence-corrected chi connectivity index (χ0v) is 9.88. The van der Waals surface area contributed by atoms with Crippen LogP contribution in [-0.4, -0.2) is 9.97 Å². The molecule has 2 aromatic carbocycles. The third-order valence-corrected chi connectivity index (χ3v) is 2.86. The molecular formula is C15H13N3. The molecule has 0 bridgehead atoms. The van der Waals surface area contributed by atoms with Gasteiger partial charge >= 0.3 is 0 Å². The Bertz CT molecular complexity index is 650. The van der Waals surface area contributed by atoms with E-state index in [-0.39, 0.29) is 0 Å². The molecule has 0 fully saturated rings. The first kappa shape index (κ1) is 10.7. The topological polar surface area (TPSA) is 37.8 Å². The van der Waals surface area contributed by atoms with Gasteiger partial charge in [-0.3, -0.25) is 0 Å². The normalized spacial score (nSPS) is 10.4. The SMILES string of the molecule is c1ccc2cc(NCc3cncnc3)ccc2c1. The number of nitrogens with zero attached hydrogens (tertiary/aromatic N) is 2. The molecule has 0 aliphatic carbocycles. The highest BCUT2D eigenvalue weighted by molar-refractivity contribution is 5.85. The number of fused-ring (bicyclic) bond motifs is 1. The molecule has 3 heteroatoms. The second-order valence-electron chi connectivity index (χ2n) is 4.16. The summed E-state index contributed by atoms with van der Waals surface area (Å²) in [5, 5.41) is 5.87. The summed E-state index contributed by atoms with van der Waals surface area (Å²) < 4.78 is 0. The van der Waals surface area contributed by atoms with Gasteiger partial charge < -0.3 is 5.32 Å². The molecule has 0 radical (unpaired) electrons. The van der Waals surface area contributed by atoms with E-state index in [0.717, 1.165) is 17.8 Å². The van der Waals surface area contributed by atoms with Crippen LogP contribution >= 0.6 is 0 Å². The van der Waals surface area contributed by atoms with E-state index in [4.69, 9.17) is 0 Å². The van der Waals surface area contributed by atoms with Gasteiger partial charge in [0.25, 0.3) is 0 Å². The Morgan fingerprint density at radius 2 is 1.67 bits per heavy atom. The van der Waals surface area contributed by atoms with Crippen LogP contribution in [0.25, 0.3) is 10.8 Å². The smallest absolute Gasteiger partial charge is 0.115 e. The minimum absolute atomic E-state index is 0.735. The Hall–Kier alpha value is -2.42. The molecule has 0 atom stereocenters. The zero-order chi connectivity index (χ0) is 12.2. The van der Waals surface area contributed by atoms with Gasteiger partial charge in [0.15, 0.2) is 0 Å². The molecule has 0 spiro atoms. The Labute approximate surface area is 106 Å². The minimum Gasteiger partial charge on any atom is -0.381 e. The van der Waals surface area contributed by atoms with Crippen molar-refractivity contribution in [2.75, 3.05) is 5.32 Å². The lowest BCUT2D eigenvalue weighted by molar-refractivity contribution is 1.05. The van der Waals surface area contributed by atoms with Gasteiger partial charge in [-0.15, -0.1) is 0 Å². The number of benzene rings is 2. The molecule has 3 nitrogen and oxygen atoms in total. The van der Waals surface area contributed by atoms with Crippen LogP contribution in [0.1, 0.15) is 5.56 Å². The average molecular weight is 235 g/mol. The minimum atomic E-state index is 0.735. The van der Waals surface area contributed by atoms with Crippen molar-refractivity contribution >= 4 is 16.5 Å². The number of nitrogens with one attached hydrogen (secondary N) is 1. The van der Waals surface area contributed by atoms with Crippen LogP contribution in [0.3, 0.4) is 0 Å². The van der Waals surface area contributed by atoms with Gasteiger partial charge in [-0.2, -0.15) is 0 Å². The summed E-state index contributed by atoms with van der Waals surface area (Å²) in [4.78, 5) is 7.99. The lowest BCUT2D eigenvalue weighted by Crippen LogP contribution is -2.00. The molecule has 0 aliphatic rings. The summed E-state index contributed by atoms with van der Waals surface area (Å²) >= 11 is 0. The van der Waals surface area contributed by atoms with Crippen molar-refractivity contribution in [1.82, 2.24) is 9.97 Å². The van der Waals surface area contributed by atoms with Crippen LogP contribution < -0.4 is 5.32 Å². The standard InChI is InChI=1S/C15H13N3/c1-2-4-14-7-15(6-5-13(14)3-1)18-10-12-8-16-11-17-9-12/h1-9,11,18H,10H2. The quantitative estimate of drug-likeness (QED) is 0.757. The summed E-state index contributed by atoms with van der Waals surface area (Å²) in [5.41, 5.74) is 2.18. The summed E-state index contributed by atoms with van der Waals surface area (Å²) in [6, 6.07) is 14.7. The number of hydrogen-bond acceptors (Lipinski definition) is 3. The summed E-state index contributed by atoms with van der Waals surface area (Å²) in [7, 11) is 0. The Balaban J connectivity index is 1.79. The number of hydrogen-bond donors (Lipinski definition) is 1. The number of aromatic nitrogens is 2. The molecule has 1 N–H and O–H groups in total. The van der Waals surface area contributed by atoms with E-state index < -0.39 is 0 Å². The summed E-state index contributed by atoms with van der Waals surface area (Å²) in [5.74, 6) is 0. The molecule has 0 aliphatic heterocycles. The highest BCUT2D eigenvalue weighted by Gasteiger charge is 1.96. The maximum Gasteiger partial charge on any atom is 0.115 e. The molecule has 1 heterocycles. The van der Waals surface area contributed by atoms with Crippen LogP contribution in [0.15, 0.2) is 61.2 Å². The molecule has 18 heavy (non-hydrogen) atoms. The van der Waals surface area contributed by atoms with E-state index in [1.807, 2.05) is 12.4 Å². The first-order chi connectivity index (χ1) is 8.92. The predicted molar refractivity (Wildman–Crippen MR) is 73.3 cm³/mol. The fourth-order valence-electron chi connectivity index (χ4n) is 1.92. The molecule has 0 saturated heterocycles. The molecular weight excluding hydrogens is 222 g/mol. The zero-order valence-electron chi connectivity index (χ0n) is 9.88. The second-order valence-corrected chi connectivity index (χ2v) is 4.16. The van der Waals surface area contributed by atoms with Crippen LogP contribution in [-0.2, 0) is 6.54 Å². The fraction of sp³-hybridized carbons (Fsp3) is 0.0667. The van der Waals surface area contributed by atoms with E-state index in [0.29, 0.717) is 0 Å². The first-order valence-electron chi connectivity index (χ1n) is 5.88. The fourth-order valence-corrected chi connectivity index (χ4v) is 1.92. The number of rotatable bonds is 3. The lowest BCUT2D eigenvalue weighted by Gasteiger charge is -2.07. The highest BCUT2D eigenvalue weighted by Crippen LogP contribution is 2.19. The Kier molecular flexibility index (Phi) is 2.88. The van der Waals surface area contributed by atoms with E-state index in [1.54, 1.807) is 6.33 Å². The lowest BCUT2D eigenvalue weighted by atomic mass is 10.1. The van der Waals surface area contributed by atoms with Crippen molar-refractivity contribution in [3.05, 3.63) is 66.7 Å². The Morgan fingerprint density at radius 3 is 2.50 bits per heavy atom. The molecule has 88 valence electrons. The van der Waals surface area contributed by atoms with Gasteiger partial charge in [0, 0.05) is 30.2 Å². The molecule has 3 aromatic rings. The second kappa shape index (κ2) is 4.84. The largest absolute Gasteiger partial charge is 0.381 e. The highest BCUT2D eigenvalue weighted by atomic mass is 14.9. The van der Waals surface area contributed by atoms with Crippen molar-refractivity contribution in [2.45, 2.75) is 6.54 Å². The maximum absolute atomic E-state index is 4.00. The van der Waals surface area contributed by atoms with Gasteiger partial charge in [-0.25, -0.2) is 9.97 Å². The molecule has 0 unspecified atom stereocenters. The van der Waals surface area contributed by atoms with Crippen molar-refractivity contribution in [2.24, 2.45) is 0 Å². The van der Waals surface area contributed by atoms with Gasteiger partial charge in [0.2, 0.25) is 0 Å². The van der Waals surface area contributed by atoms with E-state index in [1.165, 1.54) is 10.8 Å². The van der Waals surface area contributed by atoms with Gasteiger partial charge in [0.05, 0.1) is 0 Å². The average Bonchev–Trinajstić information content (AvgIpc) is 2.46. The van der Waals surface area contributed by atoms with Crippen LogP contribution in [0.5, 0.6) is 0 Å². The third-order valence-electron chi connectivity index (χ3n) is 2.86. The third kappa shape index (κ3) is 2.30. The van der Waals surface area contributed by atoms with Crippen molar-refractivity contribution in [3.8, 4) is 0 Å². The van der Waals surface area contributed by atoms with Crippen molar-refractivity contribution in [3.63, 3.8) is 0 Å². The summed E-state index contributed by atoms with van der Waals surface area (Å²) in [6.07, 6.45) is 5.18. The predicted octanol–water partition coefficient (Wildman–Crippen LogP) is 3.24. The monoisotopic (exact) mass is 235 g/mol. The van der Waals surface area contributed by atoms with Crippen molar-refractivity contribution < 1.29 is 0 Å². The van der Waals surface area contributed by atoms with E-state index >= 15 is 0 Å². The molecule has 0 amide bonds. The summed E-state index contributed by atoms with van der Waals surface area (Å²) in [6.45, 7) is 0.735. The molecule has 0 saturated carbocycles. The van der Waals surface area contributed by atoms with Crippen molar-refractivity contribution in [1.29, 1.82) is 0 Å². The van der Waals surface area contributed by atoms with Crippen LogP contribution in [0.4, 0.5) is 5.69 Å². The molecule has 1 aromatic heterocycles. The van der Waals surface area contributed by atoms with Gasteiger partial charge in [-0.05, 0) is 22.9 Å². The maximum atomic E-state index is 4.00. The van der Waals surface area contributed by atoms with E-state index in [2.05, 4.69) is 57.7 Å². The van der Waals surface area contributed by atoms with E-state index in [9.17, 15) is 0 Å². The first-order valence-corrected chi connectivity index (χ1v) is 5.88. The molecule has 3 rings (SSSR count). The Morgan fingerprint density at radius 1 is 0.889 bits per heavy atom. The van der Waals surface area contributed by atoms with Gasteiger partial charge in [-0.1, -0.05) is 30.3 Å². The van der Waals surface area contributed by atoms with Crippen LogP contribution in [0.2, 0.25) is 0 Å². The van der Waals surface area contributed by atoms with Crippen LogP contribution in [0, 0.1) is 0 Å². The number of anilines is 1. The van der Waals surface area contributed by atoms with Gasteiger partial charge in [0.1, 0.15) is 6.33 Å².